The first-order valence-electron chi connectivity index (χ1n) is 10.1. The molecule has 0 aliphatic rings. The van der Waals surface area contributed by atoms with Gasteiger partial charge in [-0.2, -0.15) is 4.98 Å². The first-order valence-corrected chi connectivity index (χ1v) is 10.9. The molecule has 0 saturated heterocycles. The van der Waals surface area contributed by atoms with Crippen LogP contribution in [0.3, 0.4) is 0 Å². The molecule has 9 nitrogen and oxygen atoms in total. The number of nitrogens with one attached hydrogen (secondary N) is 1. The van der Waals surface area contributed by atoms with E-state index in [1.54, 1.807) is 54.7 Å². The van der Waals surface area contributed by atoms with Gasteiger partial charge in [-0.3, -0.25) is 4.79 Å². The Morgan fingerprint density at radius 2 is 1.91 bits per heavy atom. The van der Waals surface area contributed by atoms with E-state index in [9.17, 15) is 9.59 Å². The Morgan fingerprint density at radius 3 is 2.68 bits per heavy atom. The summed E-state index contributed by atoms with van der Waals surface area (Å²) in [5.74, 6) is 0.106. The number of halogens is 2. The van der Waals surface area contributed by atoms with E-state index in [1.165, 1.54) is 4.40 Å². The number of carbonyl (C=O) groups excluding carboxylic acids is 1. The third-order valence-electron chi connectivity index (χ3n) is 5.06. The molecule has 11 heteroatoms. The molecule has 3 heterocycles. The van der Waals surface area contributed by atoms with Gasteiger partial charge in [0.05, 0.1) is 16.3 Å². The van der Waals surface area contributed by atoms with E-state index < -0.39 is 11.6 Å². The summed E-state index contributed by atoms with van der Waals surface area (Å²) < 4.78 is 7.80. The van der Waals surface area contributed by atoms with Crippen molar-refractivity contribution < 1.29 is 9.32 Å². The lowest BCUT2D eigenvalue weighted by Gasteiger charge is -2.07. The minimum absolute atomic E-state index is 0.184. The van der Waals surface area contributed by atoms with E-state index in [2.05, 4.69) is 20.6 Å². The summed E-state index contributed by atoms with van der Waals surface area (Å²) >= 11 is 12.1. The fraction of sp³-hybridized carbons (Fsp3) is 0.0870. The highest BCUT2D eigenvalue weighted by molar-refractivity contribution is 6.33. The van der Waals surface area contributed by atoms with Gasteiger partial charge in [-0.05, 0) is 61.0 Å². The topological polar surface area (TPSA) is 107 Å². The number of amides is 1. The number of rotatable bonds is 5. The van der Waals surface area contributed by atoms with Gasteiger partial charge < -0.3 is 9.84 Å². The third-order valence-corrected chi connectivity index (χ3v) is 5.63. The van der Waals surface area contributed by atoms with E-state index in [0.29, 0.717) is 27.1 Å². The minimum Gasteiger partial charge on any atom is -0.333 e. The standard InChI is InChI=1S/C23H16Cl2N6O3/c1-13-4-9-18(17(25)11-13)26-19(32)12-31-23(33)30-10-2-3-16(21(30)28-31)22-27-20(29-34-22)14-5-7-15(24)8-6-14/h2-11H,12H2,1H3,(H,26,32). The number of hydrogen-bond donors (Lipinski definition) is 1. The number of benzene rings is 2. The zero-order chi connectivity index (χ0) is 23.8. The SMILES string of the molecule is Cc1ccc(NC(=O)Cn2nc3c(-c4nc(-c5ccc(Cl)cc5)no4)cccn3c2=O)c(Cl)c1. The molecular weight excluding hydrogens is 479 g/mol. The summed E-state index contributed by atoms with van der Waals surface area (Å²) in [5, 5.41) is 12.0. The van der Waals surface area contributed by atoms with Gasteiger partial charge in [-0.1, -0.05) is 34.4 Å². The molecule has 5 rings (SSSR count). The lowest BCUT2D eigenvalue weighted by molar-refractivity contribution is -0.117. The maximum Gasteiger partial charge on any atom is 0.350 e. The van der Waals surface area contributed by atoms with E-state index in [4.69, 9.17) is 27.7 Å². The average molecular weight is 495 g/mol. The Hall–Kier alpha value is -3.95. The van der Waals surface area contributed by atoms with E-state index in [0.717, 1.165) is 15.8 Å². The molecule has 0 saturated carbocycles. The van der Waals surface area contributed by atoms with Crippen molar-refractivity contribution in [1.29, 1.82) is 0 Å². The molecule has 0 fully saturated rings. The molecule has 2 aromatic carbocycles. The van der Waals surface area contributed by atoms with E-state index >= 15 is 0 Å². The second-order valence-corrected chi connectivity index (χ2v) is 8.36. The molecule has 3 aromatic heterocycles. The molecule has 0 atom stereocenters. The van der Waals surface area contributed by atoms with E-state index in [-0.39, 0.29) is 18.1 Å². The van der Waals surface area contributed by atoms with Crippen LogP contribution in [0, 0.1) is 6.92 Å². The molecule has 0 aliphatic heterocycles. The zero-order valence-electron chi connectivity index (χ0n) is 17.7. The summed E-state index contributed by atoms with van der Waals surface area (Å²) in [7, 11) is 0. The van der Waals surface area contributed by atoms with Crippen molar-refractivity contribution >= 4 is 40.4 Å². The first kappa shape index (κ1) is 21.9. The predicted octanol–water partition coefficient (Wildman–Crippen LogP) is 4.47. The van der Waals surface area contributed by atoms with Crippen LogP contribution in [-0.4, -0.2) is 30.2 Å². The molecule has 1 amide bonds. The van der Waals surface area contributed by atoms with Crippen LogP contribution < -0.4 is 11.0 Å². The lowest BCUT2D eigenvalue weighted by atomic mass is 10.2. The summed E-state index contributed by atoms with van der Waals surface area (Å²) in [6, 6.07) is 15.6. The zero-order valence-corrected chi connectivity index (χ0v) is 19.2. The molecule has 0 aliphatic carbocycles. The molecule has 5 aromatic rings. The molecule has 0 radical (unpaired) electrons. The van der Waals surface area contributed by atoms with E-state index in [1.807, 2.05) is 13.0 Å². The monoisotopic (exact) mass is 494 g/mol. The predicted molar refractivity (Wildman–Crippen MR) is 128 cm³/mol. The number of hydrogen-bond acceptors (Lipinski definition) is 6. The minimum atomic E-state index is -0.487. The molecular formula is C23H16Cl2N6O3. The third kappa shape index (κ3) is 4.18. The van der Waals surface area contributed by atoms with Crippen molar-refractivity contribution in [1.82, 2.24) is 24.3 Å². The Bertz CT molecular complexity index is 1590. The number of anilines is 1. The molecule has 1 N–H and O–H groups in total. The highest BCUT2D eigenvalue weighted by Crippen LogP contribution is 2.25. The van der Waals surface area contributed by atoms with Crippen LogP contribution in [0.1, 0.15) is 5.56 Å². The lowest BCUT2D eigenvalue weighted by Crippen LogP contribution is -2.28. The Kier molecular flexibility index (Phi) is 5.64. The van der Waals surface area contributed by atoms with Gasteiger partial charge in [0.25, 0.3) is 5.89 Å². The largest absolute Gasteiger partial charge is 0.350 e. The fourth-order valence-corrected chi connectivity index (χ4v) is 3.81. The van der Waals surface area contributed by atoms with Crippen LogP contribution in [0.2, 0.25) is 10.0 Å². The number of pyridine rings is 1. The van der Waals surface area contributed by atoms with Crippen LogP contribution in [-0.2, 0) is 11.3 Å². The van der Waals surface area contributed by atoms with Gasteiger partial charge in [0.2, 0.25) is 11.7 Å². The summed E-state index contributed by atoms with van der Waals surface area (Å²) in [5.41, 5.74) is 2.39. The Labute approximate surface area is 202 Å². The highest BCUT2D eigenvalue weighted by Gasteiger charge is 2.19. The van der Waals surface area contributed by atoms with Gasteiger partial charge in [0.15, 0.2) is 5.65 Å². The molecule has 34 heavy (non-hydrogen) atoms. The van der Waals surface area contributed by atoms with Gasteiger partial charge in [0.1, 0.15) is 6.54 Å². The van der Waals surface area contributed by atoms with Gasteiger partial charge in [-0.15, -0.1) is 5.10 Å². The summed E-state index contributed by atoms with van der Waals surface area (Å²) in [6.45, 7) is 1.59. The quantitative estimate of drug-likeness (QED) is 0.386. The smallest absolute Gasteiger partial charge is 0.333 e. The van der Waals surface area contributed by atoms with Crippen LogP contribution in [0.4, 0.5) is 5.69 Å². The van der Waals surface area contributed by atoms with Crippen LogP contribution in [0.25, 0.3) is 28.5 Å². The summed E-state index contributed by atoms with van der Waals surface area (Å²) in [4.78, 5) is 29.8. The van der Waals surface area contributed by atoms with Crippen molar-refractivity contribution in [2.24, 2.45) is 0 Å². The summed E-state index contributed by atoms with van der Waals surface area (Å²) in [6.07, 6.45) is 1.55. The second-order valence-electron chi connectivity index (χ2n) is 7.52. The molecule has 0 spiro atoms. The van der Waals surface area contributed by atoms with Crippen molar-refractivity contribution in [3.05, 3.63) is 86.9 Å². The van der Waals surface area contributed by atoms with Gasteiger partial charge in [0, 0.05) is 16.8 Å². The van der Waals surface area contributed by atoms with Gasteiger partial charge in [-0.25, -0.2) is 13.9 Å². The van der Waals surface area contributed by atoms with Crippen molar-refractivity contribution in [2.75, 3.05) is 5.32 Å². The number of fused-ring (bicyclic) bond motifs is 1. The normalized spacial score (nSPS) is 11.1. The van der Waals surface area contributed by atoms with Crippen molar-refractivity contribution in [3.8, 4) is 22.8 Å². The number of aryl methyl sites for hydroxylation is 1. The van der Waals surface area contributed by atoms with Crippen LogP contribution >= 0.6 is 23.2 Å². The first-order chi connectivity index (χ1) is 16.4. The molecule has 0 bridgehead atoms. The average Bonchev–Trinajstić information content (AvgIpc) is 3.42. The maximum atomic E-state index is 12.8. The van der Waals surface area contributed by atoms with Crippen LogP contribution in [0.15, 0.2) is 70.1 Å². The molecule has 170 valence electrons. The number of nitrogens with zero attached hydrogens (tertiary/aromatic N) is 5. The molecule has 0 unspecified atom stereocenters. The maximum absolute atomic E-state index is 12.8. The Morgan fingerprint density at radius 1 is 1.12 bits per heavy atom. The highest BCUT2D eigenvalue weighted by atomic mass is 35.5. The van der Waals surface area contributed by atoms with Gasteiger partial charge >= 0.3 is 5.69 Å². The second kappa shape index (κ2) is 8.77. The number of carbonyl (C=O) groups is 1. The number of aromatic nitrogens is 5. The van der Waals surface area contributed by atoms with Crippen LogP contribution in [0.5, 0.6) is 0 Å². The van der Waals surface area contributed by atoms with Crippen molar-refractivity contribution in [3.63, 3.8) is 0 Å². The Balaban J connectivity index is 1.44. The fourth-order valence-electron chi connectivity index (χ4n) is 3.40. The van der Waals surface area contributed by atoms with Crippen molar-refractivity contribution in [2.45, 2.75) is 13.5 Å².